The van der Waals surface area contributed by atoms with Gasteiger partial charge in [0.25, 0.3) is 0 Å². The highest BCUT2D eigenvalue weighted by Crippen LogP contribution is 2.41. The van der Waals surface area contributed by atoms with Gasteiger partial charge in [-0.3, -0.25) is 0 Å². The molecule has 3 rings (SSSR count). The second-order valence-electron chi connectivity index (χ2n) is 10.1. The Labute approximate surface area is 196 Å². The van der Waals surface area contributed by atoms with Crippen LogP contribution < -0.4 is 10.6 Å². The molecule has 0 aliphatic rings. The Hall–Kier alpha value is -2.79. The van der Waals surface area contributed by atoms with E-state index in [0.717, 1.165) is 39.0 Å². The standard InChI is InChI=1S/C27H34N2O2S/c1-26(2,3)23-15-22(16-24(25(23)31)27(4,5)6)32-17-28-18-7-9-19(10-8-18)29-20-11-13-21(30)14-12-20/h7-16,28-31H,17H2,1-6H3. The van der Waals surface area contributed by atoms with Crippen molar-refractivity contribution in [3.8, 4) is 11.5 Å². The van der Waals surface area contributed by atoms with Gasteiger partial charge in [-0.15, -0.1) is 11.8 Å². The molecule has 170 valence electrons. The van der Waals surface area contributed by atoms with E-state index in [4.69, 9.17) is 0 Å². The van der Waals surface area contributed by atoms with Gasteiger partial charge in [-0.1, -0.05) is 41.5 Å². The lowest BCUT2D eigenvalue weighted by Gasteiger charge is -2.28. The summed E-state index contributed by atoms with van der Waals surface area (Å²) in [6.07, 6.45) is 0. The molecule has 0 amide bonds. The van der Waals surface area contributed by atoms with E-state index in [9.17, 15) is 10.2 Å². The lowest BCUT2D eigenvalue weighted by molar-refractivity contribution is 0.422. The molecule has 3 aromatic rings. The first-order chi connectivity index (χ1) is 14.9. The van der Waals surface area contributed by atoms with Crippen LogP contribution in [0.1, 0.15) is 52.7 Å². The van der Waals surface area contributed by atoms with Crippen molar-refractivity contribution >= 4 is 28.8 Å². The van der Waals surface area contributed by atoms with Gasteiger partial charge in [0.1, 0.15) is 11.5 Å². The van der Waals surface area contributed by atoms with Gasteiger partial charge < -0.3 is 20.8 Å². The number of benzene rings is 3. The zero-order valence-electron chi connectivity index (χ0n) is 19.8. The lowest BCUT2D eigenvalue weighted by Crippen LogP contribution is -2.17. The maximum atomic E-state index is 10.9. The molecule has 0 saturated carbocycles. The highest BCUT2D eigenvalue weighted by atomic mass is 32.2. The number of phenols is 2. The molecule has 0 aliphatic heterocycles. The number of aromatic hydroxyl groups is 2. The first kappa shape index (κ1) is 23.9. The highest BCUT2D eigenvalue weighted by Gasteiger charge is 2.26. The molecule has 0 spiro atoms. The summed E-state index contributed by atoms with van der Waals surface area (Å²) in [6, 6.07) is 19.4. The first-order valence-electron chi connectivity index (χ1n) is 10.8. The Balaban J connectivity index is 1.66. The minimum Gasteiger partial charge on any atom is -0.508 e. The van der Waals surface area contributed by atoms with Crippen molar-refractivity contribution in [1.29, 1.82) is 0 Å². The summed E-state index contributed by atoms with van der Waals surface area (Å²) in [5, 5.41) is 27.1. The molecule has 5 heteroatoms. The van der Waals surface area contributed by atoms with Crippen molar-refractivity contribution in [2.24, 2.45) is 0 Å². The van der Waals surface area contributed by atoms with E-state index >= 15 is 0 Å². The van der Waals surface area contributed by atoms with Gasteiger partial charge in [0.05, 0.1) is 5.88 Å². The van der Waals surface area contributed by atoms with Gasteiger partial charge in [-0.2, -0.15) is 0 Å². The van der Waals surface area contributed by atoms with E-state index in [1.54, 1.807) is 23.9 Å². The number of thioether (sulfide) groups is 1. The van der Waals surface area contributed by atoms with Gasteiger partial charge in [0.15, 0.2) is 0 Å². The van der Waals surface area contributed by atoms with Crippen LogP contribution in [0.5, 0.6) is 11.5 Å². The molecule has 0 aliphatic carbocycles. The molecular formula is C27H34N2O2S. The topological polar surface area (TPSA) is 64.5 Å². The molecule has 0 saturated heterocycles. The monoisotopic (exact) mass is 450 g/mol. The van der Waals surface area contributed by atoms with Crippen LogP contribution in [0.3, 0.4) is 0 Å². The molecule has 0 aromatic heterocycles. The zero-order chi connectivity index (χ0) is 23.5. The summed E-state index contributed by atoms with van der Waals surface area (Å²) in [6.45, 7) is 12.8. The second-order valence-corrected chi connectivity index (χ2v) is 11.1. The molecule has 0 radical (unpaired) electrons. The first-order valence-corrected chi connectivity index (χ1v) is 11.8. The van der Waals surface area contributed by atoms with Crippen LogP contribution in [0.25, 0.3) is 0 Å². The van der Waals surface area contributed by atoms with Crippen molar-refractivity contribution in [1.82, 2.24) is 0 Å². The highest BCUT2D eigenvalue weighted by molar-refractivity contribution is 7.99. The Bertz CT molecular complexity index is 1010. The maximum absolute atomic E-state index is 10.9. The number of phenolic OH excluding ortho intramolecular Hbond substituents is 2. The Morgan fingerprint density at radius 3 is 1.59 bits per heavy atom. The molecule has 32 heavy (non-hydrogen) atoms. The predicted molar refractivity (Wildman–Crippen MR) is 138 cm³/mol. The minimum atomic E-state index is -0.131. The fourth-order valence-corrected chi connectivity index (χ4v) is 4.23. The molecule has 0 heterocycles. The average molecular weight is 451 g/mol. The maximum Gasteiger partial charge on any atom is 0.123 e. The summed E-state index contributed by atoms with van der Waals surface area (Å²) < 4.78 is 0. The third kappa shape index (κ3) is 6.13. The van der Waals surface area contributed by atoms with Gasteiger partial charge in [-0.05, 0) is 71.5 Å². The molecule has 0 unspecified atom stereocenters. The van der Waals surface area contributed by atoms with Crippen LogP contribution in [0.2, 0.25) is 0 Å². The molecular weight excluding hydrogens is 416 g/mol. The number of nitrogens with one attached hydrogen (secondary N) is 2. The zero-order valence-corrected chi connectivity index (χ0v) is 20.6. The van der Waals surface area contributed by atoms with Crippen molar-refractivity contribution in [2.45, 2.75) is 57.3 Å². The third-order valence-corrected chi connectivity index (χ3v) is 6.11. The van der Waals surface area contributed by atoms with Crippen LogP contribution in [0, 0.1) is 0 Å². The summed E-state index contributed by atoms with van der Waals surface area (Å²) in [5.74, 6) is 1.40. The molecule has 0 bridgehead atoms. The van der Waals surface area contributed by atoms with Gasteiger partial charge >= 0.3 is 0 Å². The molecule has 0 atom stereocenters. The summed E-state index contributed by atoms with van der Waals surface area (Å²) in [5.41, 5.74) is 4.66. The van der Waals surface area contributed by atoms with Crippen LogP contribution in [0.4, 0.5) is 17.1 Å². The van der Waals surface area contributed by atoms with Crippen LogP contribution in [-0.2, 0) is 10.8 Å². The van der Waals surface area contributed by atoms with E-state index in [2.05, 4.69) is 64.3 Å². The third-order valence-electron chi connectivity index (χ3n) is 5.26. The van der Waals surface area contributed by atoms with Crippen LogP contribution in [0.15, 0.2) is 65.6 Å². The van der Waals surface area contributed by atoms with E-state index in [0.29, 0.717) is 5.75 Å². The van der Waals surface area contributed by atoms with Crippen LogP contribution >= 0.6 is 11.8 Å². The van der Waals surface area contributed by atoms with Gasteiger partial charge in [0.2, 0.25) is 0 Å². The fourth-order valence-electron chi connectivity index (χ4n) is 3.42. The Kier molecular flexibility index (Phi) is 6.99. The van der Waals surface area contributed by atoms with Gasteiger partial charge in [-0.25, -0.2) is 0 Å². The molecule has 0 fully saturated rings. The number of anilines is 3. The Morgan fingerprint density at radius 1 is 0.688 bits per heavy atom. The molecule has 4 nitrogen and oxygen atoms in total. The van der Waals surface area contributed by atoms with E-state index in [-0.39, 0.29) is 16.6 Å². The fraction of sp³-hybridized carbons (Fsp3) is 0.333. The van der Waals surface area contributed by atoms with E-state index in [1.165, 1.54) is 0 Å². The van der Waals surface area contributed by atoms with E-state index in [1.807, 2.05) is 36.4 Å². The largest absolute Gasteiger partial charge is 0.508 e. The van der Waals surface area contributed by atoms with Crippen molar-refractivity contribution in [3.05, 3.63) is 71.8 Å². The van der Waals surface area contributed by atoms with Crippen molar-refractivity contribution in [2.75, 3.05) is 16.5 Å². The lowest BCUT2D eigenvalue weighted by atomic mass is 9.79. The SMILES string of the molecule is CC(C)(C)c1cc(SCNc2ccc(Nc3ccc(O)cc3)cc2)cc(C(C)(C)C)c1O. The predicted octanol–water partition coefficient (Wildman–Crippen LogP) is 7.60. The molecule has 3 aromatic carbocycles. The minimum absolute atomic E-state index is 0.131. The number of hydrogen-bond acceptors (Lipinski definition) is 5. The summed E-state index contributed by atoms with van der Waals surface area (Å²) in [4.78, 5) is 1.15. The average Bonchev–Trinajstić information content (AvgIpc) is 2.70. The van der Waals surface area contributed by atoms with Crippen molar-refractivity contribution < 1.29 is 10.2 Å². The summed E-state index contributed by atoms with van der Waals surface area (Å²) >= 11 is 1.73. The normalized spacial score (nSPS) is 11.9. The van der Waals surface area contributed by atoms with Crippen LogP contribution in [-0.4, -0.2) is 16.1 Å². The summed E-state index contributed by atoms with van der Waals surface area (Å²) in [7, 11) is 0. The van der Waals surface area contributed by atoms with Gasteiger partial charge in [0, 0.05) is 33.1 Å². The smallest absolute Gasteiger partial charge is 0.123 e. The number of hydrogen-bond donors (Lipinski definition) is 4. The Morgan fingerprint density at radius 2 is 1.12 bits per heavy atom. The quantitative estimate of drug-likeness (QED) is 0.177. The van der Waals surface area contributed by atoms with E-state index < -0.39 is 0 Å². The molecule has 4 N–H and O–H groups in total. The number of rotatable bonds is 6. The van der Waals surface area contributed by atoms with Crippen molar-refractivity contribution in [3.63, 3.8) is 0 Å². The second kappa shape index (κ2) is 9.37.